The van der Waals surface area contributed by atoms with Crippen LogP contribution in [0, 0.1) is 0 Å². The number of nitrogens with two attached hydrogens (primary N) is 1. The molecule has 2 amide bonds. The Kier molecular flexibility index (Phi) is 5.30. The van der Waals surface area contributed by atoms with E-state index in [0.29, 0.717) is 24.3 Å². The summed E-state index contributed by atoms with van der Waals surface area (Å²) < 4.78 is 0. The first kappa shape index (κ1) is 17.0. The molecule has 0 radical (unpaired) electrons. The van der Waals surface area contributed by atoms with E-state index in [1.165, 1.54) is 17.8 Å². The molecule has 0 bridgehead atoms. The lowest BCUT2D eigenvalue weighted by atomic mass is 10.2. The number of carbonyl (C=O) groups excluding carboxylic acids is 2. The highest BCUT2D eigenvalue weighted by molar-refractivity contribution is 5.98. The number of carbonyl (C=O) groups is 2. The molecule has 0 spiro atoms. The van der Waals surface area contributed by atoms with Crippen LogP contribution >= 0.6 is 0 Å². The number of benzene rings is 1. The highest BCUT2D eigenvalue weighted by Crippen LogP contribution is 2.10. The second-order valence-electron chi connectivity index (χ2n) is 6.07. The summed E-state index contributed by atoms with van der Waals surface area (Å²) in [5, 5.41) is 0. The second kappa shape index (κ2) is 7.81. The van der Waals surface area contributed by atoms with Gasteiger partial charge in [-0.25, -0.2) is 0 Å². The number of rotatable bonds is 5. The molecule has 3 N–H and O–H groups in total. The van der Waals surface area contributed by atoms with Crippen molar-refractivity contribution in [2.45, 2.75) is 0 Å². The lowest BCUT2D eigenvalue weighted by molar-refractivity contribution is 0.0645. The zero-order valence-electron chi connectivity index (χ0n) is 14.0. The number of nitrogens with one attached hydrogen (secondary N) is 1. The van der Waals surface area contributed by atoms with Crippen LogP contribution in [0.25, 0.3) is 6.08 Å². The third-order valence-corrected chi connectivity index (χ3v) is 4.33. The topological polar surface area (TPSA) is 82.4 Å². The van der Waals surface area contributed by atoms with Gasteiger partial charge in [-0.05, 0) is 11.6 Å². The van der Waals surface area contributed by atoms with Crippen molar-refractivity contribution in [2.24, 2.45) is 5.73 Å². The van der Waals surface area contributed by atoms with E-state index in [9.17, 15) is 9.59 Å². The fourth-order valence-corrected chi connectivity index (χ4v) is 2.87. The van der Waals surface area contributed by atoms with E-state index in [1.54, 1.807) is 4.90 Å². The summed E-state index contributed by atoms with van der Waals surface area (Å²) in [6, 6.07) is 11.7. The number of aromatic amines is 1. The van der Waals surface area contributed by atoms with Crippen molar-refractivity contribution < 1.29 is 9.59 Å². The van der Waals surface area contributed by atoms with Gasteiger partial charge in [0.1, 0.15) is 5.69 Å². The standard InChI is InChI=1S/C19H22N4O2/c20-18(24)16-13-17(21-14-16)19(25)23-11-9-22(10-12-23)8-4-7-15-5-2-1-3-6-15/h1-7,13-14,21H,8-12H2,(H2,20,24). The van der Waals surface area contributed by atoms with Crippen LogP contribution in [-0.2, 0) is 0 Å². The van der Waals surface area contributed by atoms with Gasteiger partial charge in [-0.1, -0.05) is 42.5 Å². The Hall–Kier alpha value is -2.86. The van der Waals surface area contributed by atoms with Gasteiger partial charge in [-0.15, -0.1) is 0 Å². The lowest BCUT2D eigenvalue weighted by Gasteiger charge is -2.33. The van der Waals surface area contributed by atoms with E-state index in [0.717, 1.165) is 19.6 Å². The van der Waals surface area contributed by atoms with Crippen molar-refractivity contribution >= 4 is 17.9 Å². The molecule has 0 unspecified atom stereocenters. The minimum absolute atomic E-state index is 0.0908. The third kappa shape index (κ3) is 4.36. The molecule has 6 nitrogen and oxygen atoms in total. The Balaban J connectivity index is 1.48. The average Bonchev–Trinajstić information content (AvgIpc) is 3.13. The smallest absolute Gasteiger partial charge is 0.270 e. The average molecular weight is 338 g/mol. The number of H-pyrrole nitrogens is 1. The number of piperazine rings is 1. The maximum Gasteiger partial charge on any atom is 0.270 e. The quantitative estimate of drug-likeness (QED) is 0.868. The Labute approximate surface area is 146 Å². The van der Waals surface area contributed by atoms with Crippen molar-refractivity contribution in [1.82, 2.24) is 14.8 Å². The Morgan fingerprint density at radius 2 is 1.84 bits per heavy atom. The van der Waals surface area contributed by atoms with E-state index >= 15 is 0 Å². The molecule has 0 aliphatic carbocycles. The van der Waals surface area contributed by atoms with E-state index in [1.807, 2.05) is 18.2 Å². The third-order valence-electron chi connectivity index (χ3n) is 4.33. The summed E-state index contributed by atoms with van der Waals surface area (Å²) in [4.78, 5) is 30.5. The molecule has 1 fully saturated rings. The molecule has 25 heavy (non-hydrogen) atoms. The molecule has 130 valence electrons. The van der Waals surface area contributed by atoms with Gasteiger partial charge in [0.2, 0.25) is 5.91 Å². The predicted molar refractivity (Wildman–Crippen MR) is 97.1 cm³/mol. The van der Waals surface area contributed by atoms with Gasteiger partial charge >= 0.3 is 0 Å². The number of aromatic nitrogens is 1. The first-order valence-electron chi connectivity index (χ1n) is 8.35. The Morgan fingerprint density at radius 1 is 1.12 bits per heavy atom. The van der Waals surface area contributed by atoms with Crippen molar-refractivity contribution in [3.8, 4) is 0 Å². The molecule has 6 heteroatoms. The zero-order chi connectivity index (χ0) is 17.6. The normalized spacial score (nSPS) is 15.6. The van der Waals surface area contributed by atoms with Crippen LogP contribution in [0.5, 0.6) is 0 Å². The molecule has 1 aromatic carbocycles. The molecule has 2 heterocycles. The maximum absolute atomic E-state index is 12.5. The van der Waals surface area contributed by atoms with E-state index < -0.39 is 5.91 Å². The Morgan fingerprint density at radius 3 is 2.48 bits per heavy atom. The second-order valence-corrected chi connectivity index (χ2v) is 6.07. The van der Waals surface area contributed by atoms with Crippen LogP contribution in [0.2, 0.25) is 0 Å². The van der Waals surface area contributed by atoms with Gasteiger partial charge in [0, 0.05) is 38.9 Å². The van der Waals surface area contributed by atoms with Crippen LogP contribution in [-0.4, -0.2) is 59.3 Å². The first-order chi connectivity index (χ1) is 12.1. The van der Waals surface area contributed by atoms with E-state index in [4.69, 9.17) is 5.73 Å². The monoisotopic (exact) mass is 338 g/mol. The fraction of sp³-hybridized carbons (Fsp3) is 0.263. The van der Waals surface area contributed by atoms with Crippen LogP contribution in [0.3, 0.4) is 0 Å². The summed E-state index contributed by atoms with van der Waals surface area (Å²) in [5.74, 6) is -0.627. The number of hydrogen-bond donors (Lipinski definition) is 2. The van der Waals surface area contributed by atoms with Crippen molar-refractivity contribution in [3.05, 3.63) is 65.5 Å². The molecule has 0 saturated carbocycles. The van der Waals surface area contributed by atoms with Crippen molar-refractivity contribution in [2.75, 3.05) is 32.7 Å². The van der Waals surface area contributed by atoms with Crippen LogP contribution in [0.1, 0.15) is 26.4 Å². The summed E-state index contributed by atoms with van der Waals surface area (Å²) in [7, 11) is 0. The van der Waals surface area contributed by atoms with Crippen LogP contribution in [0.15, 0.2) is 48.7 Å². The summed E-state index contributed by atoms with van der Waals surface area (Å²) >= 11 is 0. The molecule has 1 aliphatic rings. The number of primary amides is 1. The molecule has 0 atom stereocenters. The zero-order valence-corrected chi connectivity index (χ0v) is 14.0. The molecule has 1 aromatic heterocycles. The number of hydrogen-bond acceptors (Lipinski definition) is 3. The first-order valence-corrected chi connectivity index (χ1v) is 8.35. The summed E-state index contributed by atoms with van der Waals surface area (Å²) in [6.07, 6.45) is 5.74. The fourth-order valence-electron chi connectivity index (χ4n) is 2.87. The van der Waals surface area contributed by atoms with Crippen LogP contribution in [0.4, 0.5) is 0 Å². The van der Waals surface area contributed by atoms with Gasteiger partial charge < -0.3 is 15.6 Å². The summed E-state index contributed by atoms with van der Waals surface area (Å²) in [6.45, 7) is 3.86. The molecule has 3 rings (SSSR count). The minimum atomic E-state index is -0.537. The van der Waals surface area contributed by atoms with Crippen molar-refractivity contribution in [3.63, 3.8) is 0 Å². The number of amides is 2. The predicted octanol–water partition coefficient (Wildman–Crippen LogP) is 1.58. The molecular formula is C19H22N4O2. The Bertz CT molecular complexity index is 759. The molecule has 2 aromatic rings. The number of nitrogens with zero attached hydrogens (tertiary/aromatic N) is 2. The minimum Gasteiger partial charge on any atom is -0.366 e. The van der Waals surface area contributed by atoms with Gasteiger partial charge in [0.05, 0.1) is 5.56 Å². The van der Waals surface area contributed by atoms with Gasteiger partial charge in [0.15, 0.2) is 0 Å². The summed E-state index contributed by atoms with van der Waals surface area (Å²) in [5.41, 5.74) is 7.14. The highest BCUT2D eigenvalue weighted by atomic mass is 16.2. The molecular weight excluding hydrogens is 316 g/mol. The SMILES string of the molecule is NC(=O)c1c[nH]c(C(=O)N2CCN(CC=Cc3ccccc3)CC2)c1. The highest BCUT2D eigenvalue weighted by Gasteiger charge is 2.22. The van der Waals surface area contributed by atoms with Gasteiger partial charge in [-0.3, -0.25) is 14.5 Å². The van der Waals surface area contributed by atoms with Gasteiger partial charge in [0.25, 0.3) is 5.91 Å². The maximum atomic E-state index is 12.5. The van der Waals surface area contributed by atoms with Crippen LogP contribution < -0.4 is 5.73 Å². The molecule has 1 aliphatic heterocycles. The molecule has 1 saturated heterocycles. The van der Waals surface area contributed by atoms with E-state index in [-0.39, 0.29) is 5.91 Å². The van der Waals surface area contributed by atoms with Gasteiger partial charge in [-0.2, -0.15) is 0 Å². The largest absolute Gasteiger partial charge is 0.366 e. The van der Waals surface area contributed by atoms with Crippen molar-refractivity contribution in [1.29, 1.82) is 0 Å². The van der Waals surface area contributed by atoms with E-state index in [2.05, 4.69) is 34.2 Å². The lowest BCUT2D eigenvalue weighted by Crippen LogP contribution is -2.48.